The van der Waals surface area contributed by atoms with Crippen molar-refractivity contribution in [2.45, 2.75) is 39.1 Å². The van der Waals surface area contributed by atoms with E-state index in [1.54, 1.807) is 0 Å². The van der Waals surface area contributed by atoms with Gasteiger partial charge in [-0.2, -0.15) is 0 Å². The lowest BCUT2D eigenvalue weighted by atomic mass is 10.3. The second-order valence-corrected chi connectivity index (χ2v) is 3.33. The normalized spacial score (nSPS) is 33.5. The fourth-order valence-electron chi connectivity index (χ4n) is 1.51. The molecule has 1 fully saturated rings. The predicted molar refractivity (Wildman–Crippen MR) is 43.3 cm³/mol. The Labute approximate surface area is 68.0 Å². The molecule has 11 heavy (non-hydrogen) atoms. The molecular weight excluding hydrogens is 142 g/mol. The molecule has 2 atom stereocenters. The predicted octanol–water partition coefficient (Wildman–Crippen LogP) is 0.434. The van der Waals surface area contributed by atoms with Gasteiger partial charge in [-0.05, 0) is 20.8 Å². The summed E-state index contributed by atoms with van der Waals surface area (Å²) in [7, 11) is 0. The lowest BCUT2D eigenvalue weighted by Gasteiger charge is -2.22. The van der Waals surface area contributed by atoms with Crippen LogP contribution >= 0.6 is 0 Å². The molecule has 1 N–H and O–H groups in total. The molecule has 1 aliphatic rings. The number of rotatable bonds is 2. The fraction of sp³-hybridized carbons (Fsp3) is 1.00. The zero-order chi connectivity index (χ0) is 8.43. The van der Waals surface area contributed by atoms with E-state index in [1.807, 2.05) is 6.92 Å². The second-order valence-electron chi connectivity index (χ2n) is 3.33. The first-order chi connectivity index (χ1) is 5.15. The maximum atomic E-state index is 8.83. The Hall–Kier alpha value is -0.120. The first kappa shape index (κ1) is 8.97. The molecule has 66 valence electrons. The standard InChI is InChI=1S/C8H17NO2/c1-6(2)9-4-8(5-10)11-7(9)3/h6-8,10H,4-5H2,1-3H3/t7-,8?/m1/s1. The summed E-state index contributed by atoms with van der Waals surface area (Å²) >= 11 is 0. The van der Waals surface area contributed by atoms with Gasteiger partial charge in [0.05, 0.1) is 12.7 Å². The Balaban J connectivity index is 2.45. The summed E-state index contributed by atoms with van der Waals surface area (Å²) in [6.07, 6.45) is 0.180. The van der Waals surface area contributed by atoms with Gasteiger partial charge >= 0.3 is 0 Å². The van der Waals surface area contributed by atoms with Crippen LogP contribution < -0.4 is 0 Å². The number of aliphatic hydroxyl groups excluding tert-OH is 1. The summed E-state index contributed by atoms with van der Waals surface area (Å²) < 4.78 is 5.46. The van der Waals surface area contributed by atoms with Gasteiger partial charge in [0.1, 0.15) is 6.23 Å². The molecule has 0 aromatic heterocycles. The number of ether oxygens (including phenoxy) is 1. The smallest absolute Gasteiger partial charge is 0.108 e. The monoisotopic (exact) mass is 159 g/mol. The van der Waals surface area contributed by atoms with Crippen molar-refractivity contribution in [2.24, 2.45) is 0 Å². The second kappa shape index (κ2) is 3.52. The van der Waals surface area contributed by atoms with E-state index in [1.165, 1.54) is 0 Å². The molecular formula is C8H17NO2. The van der Waals surface area contributed by atoms with Crippen LogP contribution in [0.3, 0.4) is 0 Å². The van der Waals surface area contributed by atoms with E-state index in [2.05, 4.69) is 18.7 Å². The van der Waals surface area contributed by atoms with Crippen molar-refractivity contribution in [1.82, 2.24) is 4.90 Å². The Bertz CT molecular complexity index is 127. The number of hydrogen-bond donors (Lipinski definition) is 1. The molecule has 1 saturated heterocycles. The van der Waals surface area contributed by atoms with E-state index >= 15 is 0 Å². The molecule has 1 aliphatic heterocycles. The van der Waals surface area contributed by atoms with Gasteiger partial charge in [0.15, 0.2) is 0 Å². The van der Waals surface area contributed by atoms with E-state index in [-0.39, 0.29) is 18.9 Å². The van der Waals surface area contributed by atoms with Gasteiger partial charge in [0.25, 0.3) is 0 Å². The van der Waals surface area contributed by atoms with Gasteiger partial charge in [0.2, 0.25) is 0 Å². The highest BCUT2D eigenvalue weighted by atomic mass is 16.5. The minimum atomic E-state index is 0.0207. The van der Waals surface area contributed by atoms with E-state index in [0.717, 1.165) is 6.54 Å². The third-order valence-electron chi connectivity index (χ3n) is 2.14. The summed E-state index contributed by atoms with van der Waals surface area (Å²) in [5.41, 5.74) is 0. The highest BCUT2D eigenvalue weighted by Gasteiger charge is 2.30. The maximum absolute atomic E-state index is 8.83. The molecule has 3 heteroatoms. The quantitative estimate of drug-likeness (QED) is 0.634. The summed E-state index contributed by atoms with van der Waals surface area (Å²) in [5.74, 6) is 0. The summed E-state index contributed by atoms with van der Waals surface area (Å²) in [4.78, 5) is 2.24. The van der Waals surface area contributed by atoms with Crippen LogP contribution in [0, 0.1) is 0 Å². The molecule has 0 aliphatic carbocycles. The van der Waals surface area contributed by atoms with Crippen LogP contribution in [0.25, 0.3) is 0 Å². The molecule has 3 nitrogen and oxygen atoms in total. The fourth-order valence-corrected chi connectivity index (χ4v) is 1.51. The van der Waals surface area contributed by atoms with E-state index in [0.29, 0.717) is 6.04 Å². The first-order valence-electron chi connectivity index (χ1n) is 4.17. The molecule has 1 rings (SSSR count). The third kappa shape index (κ3) is 1.92. The largest absolute Gasteiger partial charge is 0.394 e. The van der Waals surface area contributed by atoms with Crippen LogP contribution in [0.4, 0.5) is 0 Å². The maximum Gasteiger partial charge on any atom is 0.108 e. The lowest BCUT2D eigenvalue weighted by molar-refractivity contribution is -0.0129. The van der Waals surface area contributed by atoms with Crippen molar-refractivity contribution in [3.8, 4) is 0 Å². The highest BCUT2D eigenvalue weighted by Crippen LogP contribution is 2.17. The van der Waals surface area contributed by atoms with Crippen LogP contribution in [0.1, 0.15) is 20.8 Å². The van der Waals surface area contributed by atoms with Crippen molar-refractivity contribution >= 4 is 0 Å². The van der Waals surface area contributed by atoms with Gasteiger partial charge < -0.3 is 9.84 Å². The number of aliphatic hydroxyl groups is 1. The minimum Gasteiger partial charge on any atom is -0.394 e. The van der Waals surface area contributed by atoms with Crippen LogP contribution in [-0.4, -0.2) is 41.5 Å². The molecule has 0 aromatic rings. The van der Waals surface area contributed by atoms with E-state index in [4.69, 9.17) is 9.84 Å². The van der Waals surface area contributed by atoms with Crippen LogP contribution in [0.5, 0.6) is 0 Å². The zero-order valence-corrected chi connectivity index (χ0v) is 7.45. The van der Waals surface area contributed by atoms with Crippen LogP contribution in [0.2, 0.25) is 0 Å². The highest BCUT2D eigenvalue weighted by molar-refractivity contribution is 4.77. The zero-order valence-electron chi connectivity index (χ0n) is 7.45. The summed E-state index contributed by atoms with van der Waals surface area (Å²) in [6.45, 7) is 7.29. The topological polar surface area (TPSA) is 32.7 Å². The van der Waals surface area contributed by atoms with Crippen LogP contribution in [0.15, 0.2) is 0 Å². The molecule has 0 bridgehead atoms. The Morgan fingerprint density at radius 3 is 2.55 bits per heavy atom. The average Bonchev–Trinajstić information content (AvgIpc) is 2.30. The minimum absolute atomic E-state index is 0.0207. The SMILES string of the molecule is CC(C)N1CC(CO)O[C@@H]1C. The molecule has 1 unspecified atom stereocenters. The lowest BCUT2D eigenvalue weighted by Crippen LogP contribution is -2.34. The molecule has 0 radical (unpaired) electrons. The Kier molecular flexibility index (Phi) is 2.87. The molecule has 0 aromatic carbocycles. The van der Waals surface area contributed by atoms with Crippen molar-refractivity contribution < 1.29 is 9.84 Å². The Morgan fingerprint density at radius 2 is 2.27 bits per heavy atom. The molecule has 0 amide bonds. The Morgan fingerprint density at radius 1 is 1.64 bits per heavy atom. The van der Waals surface area contributed by atoms with Gasteiger partial charge in [0, 0.05) is 12.6 Å². The van der Waals surface area contributed by atoms with E-state index < -0.39 is 0 Å². The number of nitrogens with zero attached hydrogens (tertiary/aromatic N) is 1. The number of hydrogen-bond acceptors (Lipinski definition) is 3. The van der Waals surface area contributed by atoms with Gasteiger partial charge in [-0.25, -0.2) is 0 Å². The summed E-state index contributed by atoms with van der Waals surface area (Å²) in [6, 6.07) is 0.501. The van der Waals surface area contributed by atoms with Crippen LogP contribution in [-0.2, 0) is 4.74 Å². The van der Waals surface area contributed by atoms with Crippen molar-refractivity contribution in [3.05, 3.63) is 0 Å². The summed E-state index contributed by atoms with van der Waals surface area (Å²) in [5, 5.41) is 8.83. The first-order valence-corrected chi connectivity index (χ1v) is 4.17. The van der Waals surface area contributed by atoms with Crippen molar-refractivity contribution in [3.63, 3.8) is 0 Å². The van der Waals surface area contributed by atoms with Gasteiger partial charge in [-0.1, -0.05) is 0 Å². The molecule has 0 spiro atoms. The van der Waals surface area contributed by atoms with Gasteiger partial charge in [-0.15, -0.1) is 0 Å². The third-order valence-corrected chi connectivity index (χ3v) is 2.14. The van der Waals surface area contributed by atoms with Gasteiger partial charge in [-0.3, -0.25) is 4.90 Å². The molecule has 1 heterocycles. The molecule has 0 saturated carbocycles. The average molecular weight is 159 g/mol. The van der Waals surface area contributed by atoms with Crippen molar-refractivity contribution in [2.75, 3.05) is 13.2 Å². The van der Waals surface area contributed by atoms with Crippen molar-refractivity contribution in [1.29, 1.82) is 0 Å². The van der Waals surface area contributed by atoms with E-state index in [9.17, 15) is 0 Å².